The van der Waals surface area contributed by atoms with Crippen LogP contribution < -0.4 is 0 Å². The van der Waals surface area contributed by atoms with Gasteiger partial charge >= 0.3 is 0 Å². The van der Waals surface area contributed by atoms with Crippen LogP contribution in [-0.4, -0.2) is 11.9 Å². The topological polar surface area (TPSA) is 27.0 Å². The Kier molecular flexibility index (Phi) is 4.33. The monoisotopic (exact) mass is 250 g/mol. The molecule has 0 heterocycles. The lowest BCUT2D eigenvalue weighted by molar-refractivity contribution is 0.318. The van der Waals surface area contributed by atoms with Crippen LogP contribution in [0.4, 0.5) is 0 Å². The van der Waals surface area contributed by atoms with Gasteiger partial charge in [-0.05, 0) is 42.8 Å². The number of nitrogens with zero attached hydrogens (tertiary/aromatic N) is 2. The van der Waals surface area contributed by atoms with Crippen molar-refractivity contribution in [3.63, 3.8) is 0 Å². The average molecular weight is 250 g/mol. The van der Waals surface area contributed by atoms with E-state index in [-0.39, 0.29) is 0 Å². The van der Waals surface area contributed by atoms with Crippen LogP contribution in [0.3, 0.4) is 0 Å². The standard InChI is InChI=1S/C17H18N2/c1-14-10-16(11-18)8-9-17(14)13-19(2)12-15-6-4-3-5-7-15/h3-10H,12-13H2,1-2H3. The first-order valence-electron chi connectivity index (χ1n) is 6.41. The van der Waals surface area contributed by atoms with E-state index in [9.17, 15) is 0 Å². The second-order valence-corrected chi connectivity index (χ2v) is 4.91. The van der Waals surface area contributed by atoms with E-state index in [4.69, 9.17) is 5.26 Å². The number of hydrogen-bond donors (Lipinski definition) is 0. The maximum absolute atomic E-state index is 8.87. The van der Waals surface area contributed by atoms with E-state index in [2.05, 4.69) is 55.3 Å². The Bertz CT molecular complexity index is 582. The lowest BCUT2D eigenvalue weighted by Crippen LogP contribution is -2.17. The number of rotatable bonds is 4. The van der Waals surface area contributed by atoms with Crippen LogP contribution in [-0.2, 0) is 13.1 Å². The molecule has 2 heteroatoms. The SMILES string of the molecule is Cc1cc(C#N)ccc1CN(C)Cc1ccccc1. The fraction of sp³-hybridized carbons (Fsp3) is 0.235. The Morgan fingerprint density at radius 3 is 2.42 bits per heavy atom. The van der Waals surface area contributed by atoms with Gasteiger partial charge in [0.05, 0.1) is 11.6 Å². The van der Waals surface area contributed by atoms with E-state index in [1.807, 2.05) is 18.2 Å². The smallest absolute Gasteiger partial charge is 0.0991 e. The molecular formula is C17H18N2. The summed E-state index contributed by atoms with van der Waals surface area (Å²) in [7, 11) is 2.12. The minimum atomic E-state index is 0.729. The summed E-state index contributed by atoms with van der Waals surface area (Å²) in [5.74, 6) is 0. The van der Waals surface area contributed by atoms with Gasteiger partial charge in [-0.1, -0.05) is 36.4 Å². The zero-order chi connectivity index (χ0) is 13.7. The number of nitriles is 1. The van der Waals surface area contributed by atoms with Crippen molar-refractivity contribution in [3.8, 4) is 6.07 Å². The van der Waals surface area contributed by atoms with Crippen molar-refractivity contribution in [2.24, 2.45) is 0 Å². The summed E-state index contributed by atoms with van der Waals surface area (Å²) in [5, 5.41) is 8.87. The molecular weight excluding hydrogens is 232 g/mol. The Balaban J connectivity index is 2.03. The summed E-state index contributed by atoms with van der Waals surface area (Å²) < 4.78 is 0. The molecule has 0 fully saturated rings. The molecule has 0 N–H and O–H groups in total. The van der Waals surface area contributed by atoms with E-state index in [0.717, 1.165) is 18.7 Å². The van der Waals surface area contributed by atoms with Crippen LogP contribution in [0.2, 0.25) is 0 Å². The van der Waals surface area contributed by atoms with Crippen LogP contribution in [0.5, 0.6) is 0 Å². The molecule has 0 atom stereocenters. The minimum absolute atomic E-state index is 0.729. The summed E-state index contributed by atoms with van der Waals surface area (Å²) in [6.07, 6.45) is 0. The fourth-order valence-electron chi connectivity index (χ4n) is 2.18. The normalized spacial score (nSPS) is 10.4. The van der Waals surface area contributed by atoms with Crippen molar-refractivity contribution in [1.29, 1.82) is 5.26 Å². The molecule has 0 aliphatic carbocycles. The van der Waals surface area contributed by atoms with E-state index in [1.165, 1.54) is 16.7 Å². The minimum Gasteiger partial charge on any atom is -0.298 e. The maximum Gasteiger partial charge on any atom is 0.0991 e. The van der Waals surface area contributed by atoms with E-state index < -0.39 is 0 Å². The van der Waals surface area contributed by atoms with Gasteiger partial charge in [-0.3, -0.25) is 4.90 Å². The third-order valence-corrected chi connectivity index (χ3v) is 3.21. The van der Waals surface area contributed by atoms with Crippen molar-refractivity contribution in [2.45, 2.75) is 20.0 Å². The van der Waals surface area contributed by atoms with Gasteiger partial charge in [0.25, 0.3) is 0 Å². The Hall–Kier alpha value is -2.11. The van der Waals surface area contributed by atoms with Gasteiger partial charge in [0.1, 0.15) is 0 Å². The van der Waals surface area contributed by atoms with E-state index >= 15 is 0 Å². The van der Waals surface area contributed by atoms with Gasteiger partial charge in [-0.15, -0.1) is 0 Å². The van der Waals surface area contributed by atoms with E-state index in [0.29, 0.717) is 0 Å². The highest BCUT2D eigenvalue weighted by molar-refractivity contribution is 5.37. The van der Waals surface area contributed by atoms with Gasteiger partial charge in [0, 0.05) is 13.1 Å². The highest BCUT2D eigenvalue weighted by Crippen LogP contribution is 2.14. The van der Waals surface area contributed by atoms with Crippen molar-refractivity contribution < 1.29 is 0 Å². The molecule has 0 bridgehead atoms. The number of hydrogen-bond acceptors (Lipinski definition) is 2. The molecule has 96 valence electrons. The van der Waals surface area contributed by atoms with Gasteiger partial charge in [0.15, 0.2) is 0 Å². The summed E-state index contributed by atoms with van der Waals surface area (Å²) in [6, 6.07) is 18.5. The fourth-order valence-corrected chi connectivity index (χ4v) is 2.18. The molecule has 2 rings (SSSR count). The highest BCUT2D eigenvalue weighted by atomic mass is 15.1. The molecule has 2 aromatic rings. The molecule has 2 nitrogen and oxygen atoms in total. The lowest BCUT2D eigenvalue weighted by Gasteiger charge is -2.18. The van der Waals surface area contributed by atoms with E-state index in [1.54, 1.807) is 0 Å². The lowest BCUT2D eigenvalue weighted by atomic mass is 10.1. The van der Waals surface area contributed by atoms with Gasteiger partial charge in [-0.25, -0.2) is 0 Å². The molecule has 19 heavy (non-hydrogen) atoms. The largest absolute Gasteiger partial charge is 0.298 e. The van der Waals surface area contributed by atoms with Crippen LogP contribution in [0.1, 0.15) is 22.3 Å². The van der Waals surface area contributed by atoms with Crippen molar-refractivity contribution in [1.82, 2.24) is 4.90 Å². The molecule has 0 aliphatic rings. The van der Waals surface area contributed by atoms with Gasteiger partial charge in [0.2, 0.25) is 0 Å². The highest BCUT2D eigenvalue weighted by Gasteiger charge is 2.05. The summed E-state index contributed by atoms with van der Waals surface area (Å²) in [4.78, 5) is 2.28. The van der Waals surface area contributed by atoms with Crippen molar-refractivity contribution in [3.05, 3.63) is 70.8 Å². The quantitative estimate of drug-likeness (QED) is 0.830. The molecule has 0 saturated carbocycles. The molecule has 0 radical (unpaired) electrons. The molecule has 2 aromatic carbocycles. The van der Waals surface area contributed by atoms with Gasteiger partial charge in [-0.2, -0.15) is 5.26 Å². The molecule has 0 saturated heterocycles. The van der Waals surface area contributed by atoms with Crippen LogP contribution in [0, 0.1) is 18.3 Å². The molecule has 0 aliphatic heterocycles. The van der Waals surface area contributed by atoms with Gasteiger partial charge < -0.3 is 0 Å². The first kappa shape index (κ1) is 13.3. The summed E-state index contributed by atoms with van der Waals surface area (Å²) >= 11 is 0. The molecule has 0 unspecified atom stereocenters. The zero-order valence-corrected chi connectivity index (χ0v) is 11.4. The maximum atomic E-state index is 8.87. The Labute approximate surface area is 114 Å². The second-order valence-electron chi connectivity index (χ2n) is 4.91. The first-order valence-corrected chi connectivity index (χ1v) is 6.41. The van der Waals surface area contributed by atoms with Crippen molar-refractivity contribution >= 4 is 0 Å². The Morgan fingerprint density at radius 1 is 1.05 bits per heavy atom. The zero-order valence-electron chi connectivity index (χ0n) is 11.4. The second kappa shape index (κ2) is 6.17. The predicted molar refractivity (Wildman–Crippen MR) is 77.5 cm³/mol. The third-order valence-electron chi connectivity index (χ3n) is 3.21. The van der Waals surface area contributed by atoms with Crippen LogP contribution in [0.25, 0.3) is 0 Å². The third kappa shape index (κ3) is 3.67. The summed E-state index contributed by atoms with van der Waals surface area (Å²) in [6.45, 7) is 3.89. The predicted octanol–water partition coefficient (Wildman–Crippen LogP) is 3.50. The Morgan fingerprint density at radius 2 is 1.79 bits per heavy atom. The summed E-state index contributed by atoms with van der Waals surface area (Å²) in [5.41, 5.74) is 4.50. The number of aryl methyl sites for hydroxylation is 1. The first-order chi connectivity index (χ1) is 9.19. The molecule has 0 amide bonds. The molecule has 0 aromatic heterocycles. The average Bonchev–Trinajstić information content (AvgIpc) is 2.42. The number of benzene rings is 2. The van der Waals surface area contributed by atoms with Crippen LogP contribution >= 0.6 is 0 Å². The van der Waals surface area contributed by atoms with Crippen LogP contribution in [0.15, 0.2) is 48.5 Å². The van der Waals surface area contributed by atoms with Crippen molar-refractivity contribution in [2.75, 3.05) is 7.05 Å². The molecule has 0 spiro atoms.